The van der Waals surface area contributed by atoms with Gasteiger partial charge in [-0.2, -0.15) is 0 Å². The maximum atomic E-state index is 9.06. The molecule has 4 heteroatoms. The Hall–Kier alpha value is -0.900. The zero-order chi connectivity index (χ0) is 11.7. The van der Waals surface area contributed by atoms with E-state index in [0.29, 0.717) is 10.0 Å². The molecular weight excluding hydrogens is 242 g/mol. The van der Waals surface area contributed by atoms with Crippen molar-refractivity contribution in [3.05, 3.63) is 39.4 Å². The lowest BCUT2D eigenvalue weighted by atomic mass is 10.1. The predicted molar refractivity (Wildman–Crippen MR) is 68.0 cm³/mol. The standard InChI is InChI=1S/C12H12ClNOS/c1-7-3-4-8(2)9(5-7)12-14-10(6-15)11(13)16-12/h3-5,15H,6H2,1-2H3. The van der Waals surface area contributed by atoms with E-state index in [1.807, 2.05) is 13.8 Å². The first-order valence-corrected chi connectivity index (χ1v) is 6.15. The smallest absolute Gasteiger partial charge is 0.125 e. The molecule has 0 saturated heterocycles. The number of aliphatic hydroxyl groups excluding tert-OH is 1. The van der Waals surface area contributed by atoms with Crippen LogP contribution in [-0.2, 0) is 6.61 Å². The first-order chi connectivity index (χ1) is 7.61. The number of aliphatic hydroxyl groups is 1. The molecule has 0 aliphatic rings. The summed E-state index contributed by atoms with van der Waals surface area (Å²) in [5, 5.41) is 9.93. The molecule has 1 N–H and O–H groups in total. The third-order valence-electron chi connectivity index (χ3n) is 2.42. The molecule has 2 aromatic rings. The van der Waals surface area contributed by atoms with Crippen LogP contribution in [0.15, 0.2) is 18.2 Å². The van der Waals surface area contributed by atoms with Gasteiger partial charge in [0.05, 0.1) is 12.3 Å². The maximum absolute atomic E-state index is 9.06. The molecule has 1 heterocycles. The van der Waals surface area contributed by atoms with Crippen LogP contribution in [-0.4, -0.2) is 10.1 Å². The van der Waals surface area contributed by atoms with Crippen molar-refractivity contribution in [1.29, 1.82) is 0 Å². The molecule has 0 fully saturated rings. The number of benzene rings is 1. The van der Waals surface area contributed by atoms with Crippen LogP contribution < -0.4 is 0 Å². The summed E-state index contributed by atoms with van der Waals surface area (Å²) >= 11 is 7.39. The van der Waals surface area contributed by atoms with E-state index in [-0.39, 0.29) is 6.61 Å². The highest BCUT2D eigenvalue weighted by Crippen LogP contribution is 2.33. The van der Waals surface area contributed by atoms with Gasteiger partial charge in [0, 0.05) is 5.56 Å². The van der Waals surface area contributed by atoms with E-state index in [0.717, 1.165) is 10.6 Å². The van der Waals surface area contributed by atoms with Crippen molar-refractivity contribution in [2.45, 2.75) is 20.5 Å². The van der Waals surface area contributed by atoms with Crippen LogP contribution in [0.3, 0.4) is 0 Å². The van der Waals surface area contributed by atoms with Crippen molar-refractivity contribution in [1.82, 2.24) is 4.98 Å². The molecule has 0 unspecified atom stereocenters. The molecule has 0 amide bonds. The molecule has 1 aromatic carbocycles. The van der Waals surface area contributed by atoms with Crippen molar-refractivity contribution >= 4 is 22.9 Å². The molecule has 84 valence electrons. The number of rotatable bonds is 2. The molecule has 0 spiro atoms. The third-order valence-corrected chi connectivity index (χ3v) is 3.79. The van der Waals surface area contributed by atoms with Crippen LogP contribution in [0.4, 0.5) is 0 Å². The number of halogens is 1. The maximum Gasteiger partial charge on any atom is 0.125 e. The molecular formula is C12H12ClNOS. The molecule has 0 atom stereocenters. The summed E-state index contributed by atoms with van der Waals surface area (Å²) in [5.74, 6) is 0. The van der Waals surface area contributed by atoms with Gasteiger partial charge >= 0.3 is 0 Å². The van der Waals surface area contributed by atoms with Crippen molar-refractivity contribution < 1.29 is 5.11 Å². The summed E-state index contributed by atoms with van der Waals surface area (Å²) in [6.07, 6.45) is 0. The second-order valence-electron chi connectivity index (χ2n) is 3.72. The molecule has 2 nitrogen and oxygen atoms in total. The number of hydrogen-bond acceptors (Lipinski definition) is 3. The zero-order valence-corrected chi connectivity index (χ0v) is 10.7. The van der Waals surface area contributed by atoms with E-state index in [2.05, 4.69) is 23.2 Å². The molecule has 0 bridgehead atoms. The Balaban J connectivity index is 2.53. The van der Waals surface area contributed by atoms with Crippen LogP contribution in [0.1, 0.15) is 16.8 Å². The topological polar surface area (TPSA) is 33.1 Å². The average Bonchev–Trinajstić information content (AvgIpc) is 2.63. The Labute approximate surface area is 104 Å². The first-order valence-electron chi connectivity index (χ1n) is 4.95. The van der Waals surface area contributed by atoms with E-state index < -0.39 is 0 Å². The highest BCUT2D eigenvalue weighted by Gasteiger charge is 2.11. The van der Waals surface area contributed by atoms with Gasteiger partial charge in [0.25, 0.3) is 0 Å². The Morgan fingerprint density at radius 1 is 1.38 bits per heavy atom. The molecule has 0 radical (unpaired) electrons. The van der Waals surface area contributed by atoms with Gasteiger partial charge in [-0.15, -0.1) is 11.3 Å². The van der Waals surface area contributed by atoms with Crippen molar-refractivity contribution in [2.24, 2.45) is 0 Å². The monoisotopic (exact) mass is 253 g/mol. The fraction of sp³-hybridized carbons (Fsp3) is 0.250. The van der Waals surface area contributed by atoms with Crippen LogP contribution in [0.5, 0.6) is 0 Å². The lowest BCUT2D eigenvalue weighted by molar-refractivity contribution is 0.278. The number of aryl methyl sites for hydroxylation is 2. The van der Waals surface area contributed by atoms with E-state index in [1.165, 1.54) is 22.5 Å². The van der Waals surface area contributed by atoms with E-state index in [9.17, 15) is 0 Å². The minimum Gasteiger partial charge on any atom is -0.390 e. The Kier molecular flexibility index (Phi) is 3.28. The predicted octanol–water partition coefficient (Wildman–Crippen LogP) is 3.57. The number of hydrogen-bond donors (Lipinski definition) is 1. The molecule has 0 aliphatic carbocycles. The fourth-order valence-corrected chi connectivity index (χ4v) is 2.72. The highest BCUT2D eigenvalue weighted by molar-refractivity contribution is 7.19. The Morgan fingerprint density at radius 2 is 2.12 bits per heavy atom. The van der Waals surface area contributed by atoms with Gasteiger partial charge in [-0.1, -0.05) is 29.3 Å². The summed E-state index contributed by atoms with van der Waals surface area (Å²) in [4.78, 5) is 4.34. The molecule has 1 aromatic heterocycles. The summed E-state index contributed by atoms with van der Waals surface area (Å²) in [6.45, 7) is 3.98. The van der Waals surface area contributed by atoms with Gasteiger partial charge in [-0.25, -0.2) is 4.98 Å². The van der Waals surface area contributed by atoms with E-state index in [1.54, 1.807) is 0 Å². The van der Waals surface area contributed by atoms with Gasteiger partial charge in [-0.3, -0.25) is 0 Å². The van der Waals surface area contributed by atoms with Gasteiger partial charge < -0.3 is 5.11 Å². The van der Waals surface area contributed by atoms with Gasteiger partial charge in [0.2, 0.25) is 0 Å². The van der Waals surface area contributed by atoms with E-state index >= 15 is 0 Å². The third kappa shape index (κ3) is 2.12. The van der Waals surface area contributed by atoms with Gasteiger partial charge in [0.15, 0.2) is 0 Å². The number of thiazole rings is 1. The number of aromatic nitrogens is 1. The van der Waals surface area contributed by atoms with Crippen molar-refractivity contribution in [3.63, 3.8) is 0 Å². The highest BCUT2D eigenvalue weighted by atomic mass is 35.5. The van der Waals surface area contributed by atoms with Crippen LogP contribution in [0, 0.1) is 13.8 Å². The SMILES string of the molecule is Cc1ccc(C)c(-c2nc(CO)c(Cl)s2)c1. The minimum absolute atomic E-state index is 0.111. The molecule has 2 rings (SSSR count). The summed E-state index contributed by atoms with van der Waals surface area (Å²) in [5.41, 5.74) is 4.01. The lowest BCUT2D eigenvalue weighted by Gasteiger charge is -2.02. The second-order valence-corrected chi connectivity index (χ2v) is 5.32. The lowest BCUT2D eigenvalue weighted by Crippen LogP contribution is -1.86. The molecule has 16 heavy (non-hydrogen) atoms. The Bertz CT molecular complexity index is 522. The number of nitrogens with zero attached hydrogens (tertiary/aromatic N) is 1. The van der Waals surface area contributed by atoms with Crippen molar-refractivity contribution in [3.8, 4) is 10.6 Å². The molecule has 0 aliphatic heterocycles. The average molecular weight is 254 g/mol. The van der Waals surface area contributed by atoms with Crippen LogP contribution in [0.25, 0.3) is 10.6 Å². The minimum atomic E-state index is -0.111. The van der Waals surface area contributed by atoms with Gasteiger partial charge in [-0.05, 0) is 25.5 Å². The van der Waals surface area contributed by atoms with Gasteiger partial charge in [0.1, 0.15) is 9.34 Å². The van der Waals surface area contributed by atoms with E-state index in [4.69, 9.17) is 16.7 Å². The molecule has 0 saturated carbocycles. The summed E-state index contributed by atoms with van der Waals surface area (Å²) < 4.78 is 0.568. The normalized spacial score (nSPS) is 10.8. The summed E-state index contributed by atoms with van der Waals surface area (Å²) in [7, 11) is 0. The van der Waals surface area contributed by atoms with Crippen LogP contribution >= 0.6 is 22.9 Å². The van der Waals surface area contributed by atoms with Crippen molar-refractivity contribution in [2.75, 3.05) is 0 Å². The second kappa shape index (κ2) is 4.53. The zero-order valence-electron chi connectivity index (χ0n) is 9.12. The first kappa shape index (κ1) is 11.6. The fourth-order valence-electron chi connectivity index (χ4n) is 1.51. The van der Waals surface area contributed by atoms with Crippen LogP contribution in [0.2, 0.25) is 4.34 Å². The largest absolute Gasteiger partial charge is 0.390 e. The quantitative estimate of drug-likeness (QED) is 0.888. The Morgan fingerprint density at radius 3 is 2.75 bits per heavy atom. The summed E-state index contributed by atoms with van der Waals surface area (Å²) in [6, 6.07) is 6.23.